The number of allylic oxidation sites excluding steroid dienone is 6. The predicted octanol–water partition coefficient (Wildman–Crippen LogP) is 6.18. The minimum Gasteiger partial charge on any atom is -0.480 e. The van der Waals surface area contributed by atoms with Crippen molar-refractivity contribution in [1.82, 2.24) is 4.90 Å². The van der Waals surface area contributed by atoms with Gasteiger partial charge in [0.2, 0.25) is 5.79 Å². The third-order valence-electron chi connectivity index (χ3n) is 11.3. The van der Waals surface area contributed by atoms with Crippen LogP contribution in [-0.2, 0) is 38.2 Å². The van der Waals surface area contributed by atoms with Crippen LogP contribution >= 0.6 is 0 Å². The van der Waals surface area contributed by atoms with E-state index in [-0.39, 0.29) is 42.3 Å². The van der Waals surface area contributed by atoms with Gasteiger partial charge >= 0.3 is 5.97 Å². The number of carboxylic acid groups (broad SMARTS) is 1. The highest BCUT2D eigenvalue weighted by Crippen LogP contribution is 2.36. The molecule has 316 valence electrons. The van der Waals surface area contributed by atoms with Crippen molar-refractivity contribution in [3.63, 3.8) is 0 Å². The highest BCUT2D eigenvalue weighted by Gasteiger charge is 2.52. The van der Waals surface area contributed by atoms with Crippen molar-refractivity contribution in [1.29, 1.82) is 0 Å². The van der Waals surface area contributed by atoms with Crippen LogP contribution in [-0.4, -0.2) is 106 Å². The van der Waals surface area contributed by atoms with Crippen LogP contribution in [0, 0.1) is 29.6 Å². The first-order chi connectivity index (χ1) is 26.3. The first-order valence-corrected chi connectivity index (χ1v) is 20.3. The van der Waals surface area contributed by atoms with Crippen molar-refractivity contribution >= 4 is 29.2 Å². The number of amides is 1. The lowest BCUT2D eigenvalue weighted by molar-refractivity contribution is -0.265. The van der Waals surface area contributed by atoms with Gasteiger partial charge < -0.3 is 34.4 Å². The minimum absolute atomic E-state index is 0.0457. The van der Waals surface area contributed by atoms with Crippen LogP contribution < -0.4 is 0 Å². The summed E-state index contributed by atoms with van der Waals surface area (Å²) in [4.78, 5) is 65.3. The third-order valence-corrected chi connectivity index (χ3v) is 11.3. The number of piperidine rings is 1. The van der Waals surface area contributed by atoms with Gasteiger partial charge in [0.1, 0.15) is 24.0 Å². The summed E-state index contributed by atoms with van der Waals surface area (Å²) in [6.07, 6.45) is 12.6. The Bertz CT molecular complexity index is 1460. The van der Waals surface area contributed by atoms with Gasteiger partial charge in [-0.2, -0.15) is 0 Å². The van der Waals surface area contributed by atoms with E-state index in [1.165, 1.54) is 7.11 Å². The summed E-state index contributed by atoms with van der Waals surface area (Å²) in [5.74, 6) is -6.75. The molecule has 0 radical (unpaired) electrons. The molecule has 3 N–H and O–H groups in total. The third kappa shape index (κ3) is 14.0. The molecular weight excluding hydrogens is 718 g/mol. The molecule has 12 heteroatoms. The molecule has 0 saturated carbocycles. The van der Waals surface area contributed by atoms with Gasteiger partial charge in [0.15, 0.2) is 5.78 Å². The fraction of sp³-hybridized carbons (Fsp3) is 0.705. The van der Waals surface area contributed by atoms with E-state index in [1.54, 1.807) is 27.0 Å². The number of hydrogen-bond acceptors (Lipinski definition) is 10. The average molecular weight is 788 g/mol. The molecule has 0 spiro atoms. The molecular formula is C44H69NO11. The number of ketones is 3. The number of likely N-dealkylation sites (tertiary alicyclic amines) is 1. The highest BCUT2D eigenvalue weighted by atomic mass is 16.6. The number of aliphatic hydroxyl groups excluding tert-OH is 1. The molecule has 0 bridgehead atoms. The van der Waals surface area contributed by atoms with Gasteiger partial charge in [0, 0.05) is 51.4 Å². The van der Waals surface area contributed by atoms with Crippen molar-refractivity contribution in [3.8, 4) is 0 Å². The summed E-state index contributed by atoms with van der Waals surface area (Å²) in [5.41, 5.74) is 1.41. The molecule has 0 aromatic heterocycles. The van der Waals surface area contributed by atoms with Crippen molar-refractivity contribution in [2.45, 2.75) is 149 Å². The number of carboxylic acids is 1. The van der Waals surface area contributed by atoms with Gasteiger partial charge in [-0.15, -0.1) is 0 Å². The van der Waals surface area contributed by atoms with Crippen LogP contribution in [0.15, 0.2) is 47.6 Å². The molecule has 0 aromatic carbocycles. The molecule has 12 nitrogen and oxygen atoms in total. The summed E-state index contributed by atoms with van der Waals surface area (Å²) >= 11 is 0. The molecule has 2 aliphatic heterocycles. The second-order valence-corrected chi connectivity index (χ2v) is 16.4. The normalized spacial score (nSPS) is 25.9. The van der Waals surface area contributed by atoms with Gasteiger partial charge in [-0.3, -0.25) is 19.2 Å². The predicted molar refractivity (Wildman–Crippen MR) is 214 cm³/mol. The summed E-state index contributed by atoms with van der Waals surface area (Å²) in [6, 6.07) is -1.11. The number of carbonyl (C=O) groups excluding carboxylic acids is 4. The Morgan fingerprint density at radius 2 is 1.61 bits per heavy atom. The van der Waals surface area contributed by atoms with Gasteiger partial charge in [-0.25, -0.2) is 4.79 Å². The maximum absolute atomic E-state index is 13.4. The van der Waals surface area contributed by atoms with Crippen LogP contribution in [0.4, 0.5) is 0 Å². The lowest BCUT2D eigenvalue weighted by Crippen LogP contribution is -2.60. The number of carbonyl (C=O) groups is 5. The molecule has 10 atom stereocenters. The molecule has 2 fully saturated rings. The number of ether oxygens (including phenoxy) is 3. The van der Waals surface area contributed by atoms with Crippen LogP contribution in [0.2, 0.25) is 0 Å². The zero-order valence-electron chi connectivity index (χ0n) is 35.4. The molecule has 2 aliphatic rings. The lowest BCUT2D eigenvalue weighted by Gasteiger charge is -2.42. The smallest absolute Gasteiger partial charge is 0.326 e. The Morgan fingerprint density at radius 3 is 2.21 bits per heavy atom. The Balaban J connectivity index is 1.97. The van der Waals surface area contributed by atoms with E-state index in [2.05, 4.69) is 13.8 Å². The highest BCUT2D eigenvalue weighted by molar-refractivity contribution is 6.39. The monoisotopic (exact) mass is 787 g/mol. The molecule has 2 rings (SSSR count). The summed E-state index contributed by atoms with van der Waals surface area (Å²) in [5, 5.41) is 32.0. The van der Waals surface area contributed by atoms with E-state index in [1.807, 2.05) is 58.1 Å². The first-order valence-electron chi connectivity index (χ1n) is 20.3. The first kappa shape index (κ1) is 48.9. The van der Waals surface area contributed by atoms with Gasteiger partial charge in [-0.1, -0.05) is 78.0 Å². The number of hydrogen-bond donors (Lipinski definition) is 3. The Kier molecular flexibility index (Phi) is 20.2. The lowest BCUT2D eigenvalue weighted by atomic mass is 9.85. The molecule has 0 aliphatic carbocycles. The minimum atomic E-state index is -2.37. The second-order valence-electron chi connectivity index (χ2n) is 16.4. The number of Topliss-reactive ketones (excluding diaryl/α,β-unsaturated/α-hetero) is 3. The van der Waals surface area contributed by atoms with Gasteiger partial charge in [0.05, 0.1) is 12.2 Å². The quantitative estimate of drug-likeness (QED) is 0.0649. The Hall–Kier alpha value is -3.29. The Labute approximate surface area is 334 Å². The number of aliphatic hydroxyl groups is 2. The molecule has 56 heavy (non-hydrogen) atoms. The van der Waals surface area contributed by atoms with Crippen LogP contribution in [0.5, 0.6) is 0 Å². The van der Waals surface area contributed by atoms with Crippen molar-refractivity contribution < 1.29 is 53.5 Å². The molecule has 2 saturated heterocycles. The summed E-state index contributed by atoms with van der Waals surface area (Å²) in [7, 11) is 2.97. The maximum atomic E-state index is 13.4. The van der Waals surface area contributed by atoms with Crippen molar-refractivity contribution in [3.05, 3.63) is 47.6 Å². The van der Waals surface area contributed by atoms with E-state index in [0.717, 1.165) is 16.9 Å². The number of nitrogens with zero attached hydrogens (tertiary/aromatic N) is 1. The number of aliphatic carboxylic acids is 1. The van der Waals surface area contributed by atoms with E-state index < -0.39 is 59.8 Å². The largest absolute Gasteiger partial charge is 0.480 e. The second kappa shape index (κ2) is 23.2. The average Bonchev–Trinajstić information content (AvgIpc) is 3.16. The zero-order valence-corrected chi connectivity index (χ0v) is 35.4. The van der Waals surface area contributed by atoms with E-state index in [0.29, 0.717) is 56.4 Å². The number of methoxy groups -OCH3 is 2. The zero-order chi connectivity index (χ0) is 42.3. The van der Waals surface area contributed by atoms with E-state index >= 15 is 0 Å². The molecule has 1 amide bonds. The maximum Gasteiger partial charge on any atom is 0.326 e. The Morgan fingerprint density at radius 1 is 0.929 bits per heavy atom. The molecule has 2 heterocycles. The van der Waals surface area contributed by atoms with Crippen LogP contribution in [0.3, 0.4) is 0 Å². The van der Waals surface area contributed by atoms with E-state index in [4.69, 9.17) is 14.2 Å². The number of rotatable bonds is 22. The van der Waals surface area contributed by atoms with Crippen molar-refractivity contribution in [2.75, 3.05) is 20.8 Å². The van der Waals surface area contributed by atoms with Gasteiger partial charge in [0.25, 0.3) is 11.7 Å². The summed E-state index contributed by atoms with van der Waals surface area (Å²) in [6.45, 7) is 15.2. The van der Waals surface area contributed by atoms with E-state index in [9.17, 15) is 39.3 Å². The summed E-state index contributed by atoms with van der Waals surface area (Å²) < 4.78 is 17.1. The van der Waals surface area contributed by atoms with Crippen LogP contribution in [0.25, 0.3) is 0 Å². The van der Waals surface area contributed by atoms with Crippen LogP contribution in [0.1, 0.15) is 113 Å². The topological polar surface area (TPSA) is 177 Å². The molecule has 1 unspecified atom stereocenters. The molecule has 0 aromatic rings. The standard InChI is InChI=1S/C44H69NO11/c1-27(2)19-22-36(46)30(5)25-32(7)39(48)40(55-10)38(47)31(6)24-28(3)16-12-11-13-17-29(4)37(54-9)26-34-21-20-33(8)44(53,56-34)41(49)42(50)45-23-15-14-18-35(45)43(51)52/h11-13,16-17,25,27-28,30-31,33-35,37,39-40,48,53H,14-15,18-24,26H2,1-10H3,(H,51,52)/b13-11+,16-12+,29-17+,32-25+/t28-,30-,31-,33-,34+,35?,37+,39-,40+,44-/m1/s1. The fourth-order valence-corrected chi connectivity index (χ4v) is 7.48. The fourth-order valence-electron chi connectivity index (χ4n) is 7.48. The van der Waals surface area contributed by atoms with Gasteiger partial charge in [-0.05, 0) is 81.8 Å². The van der Waals surface area contributed by atoms with Crippen molar-refractivity contribution in [2.24, 2.45) is 29.6 Å². The SMILES string of the molecule is CO[C@@H](C[C@@H]1CC[C@@H](C)[C@](O)(C(=O)C(=O)N2CCCCC2C(=O)O)O1)/C(C)=C/C=C/C=C/[C@@H](C)C[C@@H](C)C(=O)[C@H](OC)[C@H](O)/C(C)=C/[C@@H](C)C(=O)CCC(C)C.